The number of nitrogen functional groups attached to an aromatic ring is 1. The van der Waals surface area contributed by atoms with Crippen molar-refractivity contribution in [1.82, 2.24) is 14.5 Å². The molecular weight excluding hydrogens is 540 g/mol. The van der Waals surface area contributed by atoms with Gasteiger partial charge in [0.25, 0.3) is 0 Å². The van der Waals surface area contributed by atoms with Crippen molar-refractivity contribution in [3.8, 4) is 0 Å². The van der Waals surface area contributed by atoms with Crippen LogP contribution in [-0.4, -0.2) is 45.3 Å². The fraction of sp³-hybridized carbons (Fsp3) is 0.259. The van der Waals surface area contributed by atoms with Crippen molar-refractivity contribution in [2.45, 2.75) is 38.7 Å². The maximum absolute atomic E-state index is 12.9. The summed E-state index contributed by atoms with van der Waals surface area (Å²) in [5.41, 5.74) is 9.56. The van der Waals surface area contributed by atoms with E-state index >= 15 is 0 Å². The van der Waals surface area contributed by atoms with Crippen LogP contribution in [0.2, 0.25) is 0 Å². The number of carbonyl (C=O) groups is 2. The summed E-state index contributed by atoms with van der Waals surface area (Å²) in [6, 6.07) is 14.2. The van der Waals surface area contributed by atoms with E-state index in [-0.39, 0.29) is 6.61 Å². The van der Waals surface area contributed by atoms with Crippen LogP contribution in [0.25, 0.3) is 11.0 Å². The largest absolute Gasteiger partial charge is 0.459 e. The number of aromatic nitrogens is 3. The van der Waals surface area contributed by atoms with Gasteiger partial charge in [-0.25, -0.2) is 19.6 Å². The van der Waals surface area contributed by atoms with Crippen LogP contribution < -0.4 is 5.73 Å². The third-order valence-corrected chi connectivity index (χ3v) is 6.90. The van der Waals surface area contributed by atoms with Gasteiger partial charge in [-0.15, -0.1) is 0 Å². The Bertz CT molecular complexity index is 1450. The monoisotopic (exact) mass is 564 g/mol. The van der Waals surface area contributed by atoms with Gasteiger partial charge in [0.15, 0.2) is 0 Å². The molecule has 3 heterocycles. The number of halogens is 1. The number of esters is 2. The molecule has 0 amide bonds. The maximum Gasteiger partial charge on any atom is 0.338 e. The normalized spacial score (nSPS) is 19.2. The highest BCUT2D eigenvalue weighted by Crippen LogP contribution is 2.37. The van der Waals surface area contributed by atoms with Gasteiger partial charge in [0, 0.05) is 17.1 Å². The lowest BCUT2D eigenvalue weighted by Crippen LogP contribution is -2.32. The van der Waals surface area contributed by atoms with E-state index < -0.39 is 30.4 Å². The standard InChI is InChI=1S/C27H25BrN4O5/c1-15-3-7-17(8-4-15)26(33)35-13-21-20(37-27(34)18-9-5-16(2)6-10-18)11-22(36-21)32-12-19(28)23-24(29)30-14-31-25(23)32/h3-10,12,14,20-22H,11,13H2,1-2H3,(H2,29,30,31)/t20-,21-,22+/m0/s1. The number of anilines is 1. The van der Waals surface area contributed by atoms with E-state index in [4.69, 9.17) is 19.9 Å². The molecule has 10 heteroatoms. The van der Waals surface area contributed by atoms with Crippen LogP contribution in [0.3, 0.4) is 0 Å². The Labute approximate surface area is 221 Å². The van der Waals surface area contributed by atoms with Gasteiger partial charge in [0.1, 0.15) is 42.8 Å². The molecule has 0 saturated carbocycles. The van der Waals surface area contributed by atoms with Crippen molar-refractivity contribution in [3.05, 3.63) is 87.8 Å². The predicted molar refractivity (Wildman–Crippen MR) is 140 cm³/mol. The molecule has 5 rings (SSSR count). The van der Waals surface area contributed by atoms with Gasteiger partial charge < -0.3 is 24.5 Å². The van der Waals surface area contributed by atoms with Crippen molar-refractivity contribution in [1.29, 1.82) is 0 Å². The molecule has 1 aliphatic rings. The Hall–Kier alpha value is -3.76. The van der Waals surface area contributed by atoms with E-state index in [0.29, 0.717) is 38.9 Å². The molecule has 0 unspecified atom stereocenters. The van der Waals surface area contributed by atoms with E-state index in [1.165, 1.54) is 6.33 Å². The summed E-state index contributed by atoms with van der Waals surface area (Å²) in [4.78, 5) is 34.0. The van der Waals surface area contributed by atoms with E-state index in [1.54, 1.807) is 30.5 Å². The number of ether oxygens (including phenoxy) is 3. The summed E-state index contributed by atoms with van der Waals surface area (Å²) in [6.07, 6.45) is 1.61. The lowest BCUT2D eigenvalue weighted by molar-refractivity contribution is -0.0562. The number of fused-ring (bicyclic) bond motifs is 1. The van der Waals surface area contributed by atoms with E-state index in [0.717, 1.165) is 11.1 Å². The molecule has 1 aliphatic heterocycles. The van der Waals surface area contributed by atoms with Crippen molar-refractivity contribution in [2.75, 3.05) is 12.3 Å². The van der Waals surface area contributed by atoms with E-state index in [1.807, 2.05) is 42.7 Å². The number of rotatable bonds is 6. The number of hydrogen-bond acceptors (Lipinski definition) is 8. The number of carbonyl (C=O) groups excluding carboxylic acids is 2. The molecule has 0 bridgehead atoms. The molecule has 0 radical (unpaired) electrons. The highest BCUT2D eigenvalue weighted by molar-refractivity contribution is 9.10. The van der Waals surface area contributed by atoms with E-state index in [2.05, 4.69) is 25.9 Å². The average molecular weight is 565 g/mol. The Morgan fingerprint density at radius 1 is 1.03 bits per heavy atom. The van der Waals surface area contributed by atoms with Crippen molar-refractivity contribution < 1.29 is 23.8 Å². The van der Waals surface area contributed by atoms with Crippen LogP contribution >= 0.6 is 15.9 Å². The molecule has 1 saturated heterocycles. The minimum Gasteiger partial charge on any atom is -0.459 e. The van der Waals surface area contributed by atoms with E-state index in [9.17, 15) is 9.59 Å². The first-order chi connectivity index (χ1) is 17.8. The van der Waals surface area contributed by atoms with Crippen LogP contribution in [0.1, 0.15) is 44.5 Å². The Kier molecular flexibility index (Phi) is 6.94. The second-order valence-electron chi connectivity index (χ2n) is 8.98. The predicted octanol–water partition coefficient (Wildman–Crippen LogP) is 4.76. The first kappa shape index (κ1) is 24.9. The summed E-state index contributed by atoms with van der Waals surface area (Å²) in [7, 11) is 0. The zero-order valence-corrected chi connectivity index (χ0v) is 21.8. The minimum atomic E-state index is -0.691. The topological polar surface area (TPSA) is 119 Å². The first-order valence-electron chi connectivity index (χ1n) is 11.7. The van der Waals surface area contributed by atoms with Crippen molar-refractivity contribution in [2.24, 2.45) is 0 Å². The summed E-state index contributed by atoms with van der Waals surface area (Å²) in [6.45, 7) is 3.79. The Balaban J connectivity index is 1.38. The second kappa shape index (κ2) is 10.3. The summed E-state index contributed by atoms with van der Waals surface area (Å²) in [5, 5.41) is 0.661. The summed E-state index contributed by atoms with van der Waals surface area (Å²) < 4.78 is 20.2. The molecule has 2 N–H and O–H groups in total. The SMILES string of the molecule is Cc1ccc(C(=O)OC[C@@H]2O[C@@H](n3cc(Br)c4c(N)ncnc43)C[C@@H]2OC(=O)c2ccc(C)cc2)cc1. The van der Waals surface area contributed by atoms with Crippen LogP contribution in [0.4, 0.5) is 5.82 Å². The number of nitrogens with zero attached hydrogens (tertiary/aromatic N) is 3. The number of benzene rings is 2. The van der Waals surface area contributed by atoms with Gasteiger partial charge in [-0.1, -0.05) is 35.4 Å². The molecule has 37 heavy (non-hydrogen) atoms. The molecule has 190 valence electrons. The first-order valence-corrected chi connectivity index (χ1v) is 12.5. The fourth-order valence-corrected chi connectivity index (χ4v) is 4.85. The molecule has 0 aliphatic carbocycles. The van der Waals surface area contributed by atoms with Crippen LogP contribution in [0.5, 0.6) is 0 Å². The maximum atomic E-state index is 12.9. The quantitative estimate of drug-likeness (QED) is 0.333. The van der Waals surface area contributed by atoms with Gasteiger partial charge in [-0.3, -0.25) is 0 Å². The highest BCUT2D eigenvalue weighted by atomic mass is 79.9. The van der Waals surface area contributed by atoms with Crippen LogP contribution in [0, 0.1) is 13.8 Å². The molecule has 2 aromatic heterocycles. The molecule has 0 spiro atoms. The minimum absolute atomic E-state index is 0.0907. The van der Waals surface area contributed by atoms with Gasteiger partial charge in [-0.2, -0.15) is 0 Å². The van der Waals surface area contributed by atoms with Crippen molar-refractivity contribution in [3.63, 3.8) is 0 Å². The van der Waals surface area contributed by atoms with Crippen LogP contribution in [-0.2, 0) is 14.2 Å². The molecule has 1 fully saturated rings. The fourth-order valence-electron chi connectivity index (χ4n) is 4.25. The molecule has 9 nitrogen and oxygen atoms in total. The molecule has 3 atom stereocenters. The van der Waals surface area contributed by atoms with Crippen LogP contribution in [0.15, 0.2) is 65.5 Å². The third kappa shape index (κ3) is 5.21. The average Bonchev–Trinajstić information content (AvgIpc) is 3.44. The Morgan fingerprint density at radius 2 is 1.65 bits per heavy atom. The summed E-state index contributed by atoms with van der Waals surface area (Å²) >= 11 is 3.51. The van der Waals surface area contributed by atoms with Crippen molar-refractivity contribution >= 4 is 44.7 Å². The number of aryl methyl sites for hydroxylation is 2. The van der Waals surface area contributed by atoms with Gasteiger partial charge in [0.2, 0.25) is 0 Å². The molecular formula is C27H25BrN4O5. The Morgan fingerprint density at radius 3 is 2.30 bits per heavy atom. The van der Waals surface area contributed by atoms with Gasteiger partial charge >= 0.3 is 11.9 Å². The lowest BCUT2D eigenvalue weighted by atomic mass is 10.1. The van der Waals surface area contributed by atoms with Gasteiger partial charge in [0.05, 0.1) is 16.5 Å². The number of hydrogen-bond donors (Lipinski definition) is 1. The number of nitrogens with two attached hydrogens (primary N) is 1. The smallest absolute Gasteiger partial charge is 0.338 e. The second-order valence-corrected chi connectivity index (χ2v) is 9.84. The van der Waals surface area contributed by atoms with Gasteiger partial charge in [-0.05, 0) is 54.0 Å². The molecule has 4 aromatic rings. The zero-order chi connectivity index (χ0) is 26.1. The highest BCUT2D eigenvalue weighted by Gasteiger charge is 2.40. The third-order valence-electron chi connectivity index (χ3n) is 6.29. The molecule has 2 aromatic carbocycles. The zero-order valence-electron chi connectivity index (χ0n) is 20.3. The lowest BCUT2D eigenvalue weighted by Gasteiger charge is -2.19. The summed E-state index contributed by atoms with van der Waals surface area (Å²) in [5.74, 6) is -0.626.